The Labute approximate surface area is 115 Å². The third-order valence-electron chi connectivity index (χ3n) is 3.60. The molecule has 19 heavy (non-hydrogen) atoms. The zero-order valence-electron chi connectivity index (χ0n) is 11.9. The number of rotatable bonds is 4. The van der Waals surface area contributed by atoms with Gasteiger partial charge in [0.05, 0.1) is 0 Å². The summed E-state index contributed by atoms with van der Waals surface area (Å²) >= 11 is 0. The molecule has 0 saturated heterocycles. The molecular formula is C18H21F. The summed E-state index contributed by atoms with van der Waals surface area (Å²) in [5, 5.41) is 0. The highest BCUT2D eigenvalue weighted by Crippen LogP contribution is 2.24. The fraction of sp³-hybridized carbons (Fsp3) is 0.333. The molecular weight excluding hydrogens is 235 g/mol. The van der Waals surface area contributed by atoms with Gasteiger partial charge in [0.25, 0.3) is 0 Å². The molecule has 100 valence electrons. The third kappa shape index (κ3) is 3.44. The molecule has 1 unspecified atom stereocenters. The molecule has 1 atom stereocenters. The Kier molecular flexibility index (Phi) is 4.36. The van der Waals surface area contributed by atoms with Crippen LogP contribution in [0.3, 0.4) is 0 Å². The molecule has 0 fully saturated rings. The lowest BCUT2D eigenvalue weighted by Gasteiger charge is -2.14. The van der Waals surface area contributed by atoms with Gasteiger partial charge in [0.15, 0.2) is 0 Å². The minimum absolute atomic E-state index is 0.102. The molecule has 0 aliphatic carbocycles. The summed E-state index contributed by atoms with van der Waals surface area (Å²) < 4.78 is 13.8. The minimum Gasteiger partial charge on any atom is -0.207 e. The van der Waals surface area contributed by atoms with E-state index in [1.807, 2.05) is 12.1 Å². The van der Waals surface area contributed by atoms with Crippen molar-refractivity contribution in [3.05, 3.63) is 71.0 Å². The lowest BCUT2D eigenvalue weighted by molar-refractivity contribution is 0.587. The number of hydrogen-bond acceptors (Lipinski definition) is 0. The molecule has 0 bridgehead atoms. The quantitative estimate of drug-likeness (QED) is 0.696. The van der Waals surface area contributed by atoms with Crippen molar-refractivity contribution in [1.29, 1.82) is 0 Å². The number of hydrogen-bond donors (Lipinski definition) is 0. The molecule has 0 N–H and O–H groups in total. The number of halogens is 1. The van der Waals surface area contributed by atoms with Gasteiger partial charge in [0, 0.05) is 0 Å². The van der Waals surface area contributed by atoms with E-state index < -0.39 is 0 Å². The fourth-order valence-corrected chi connectivity index (χ4v) is 2.42. The summed E-state index contributed by atoms with van der Waals surface area (Å²) in [6.07, 6.45) is 0.876. The van der Waals surface area contributed by atoms with Crippen LogP contribution in [0.4, 0.5) is 4.39 Å². The highest BCUT2D eigenvalue weighted by atomic mass is 19.1. The van der Waals surface area contributed by atoms with E-state index in [0.717, 1.165) is 12.0 Å². The van der Waals surface area contributed by atoms with Crippen molar-refractivity contribution in [2.24, 2.45) is 0 Å². The Bertz CT molecular complexity index is 543. The molecule has 0 nitrogen and oxygen atoms in total. The molecule has 0 radical (unpaired) electrons. The number of benzene rings is 2. The normalized spacial score (nSPS) is 12.7. The van der Waals surface area contributed by atoms with E-state index in [1.165, 1.54) is 17.2 Å². The molecule has 0 aliphatic rings. The Hall–Kier alpha value is -1.63. The van der Waals surface area contributed by atoms with Crippen molar-refractivity contribution in [3.8, 4) is 0 Å². The van der Waals surface area contributed by atoms with Crippen molar-refractivity contribution in [2.75, 3.05) is 0 Å². The van der Waals surface area contributed by atoms with Crippen molar-refractivity contribution in [2.45, 2.75) is 39.0 Å². The van der Waals surface area contributed by atoms with Gasteiger partial charge in [-0.3, -0.25) is 0 Å². The highest BCUT2D eigenvalue weighted by Gasteiger charge is 2.11. The highest BCUT2D eigenvalue weighted by molar-refractivity contribution is 5.29. The second-order valence-corrected chi connectivity index (χ2v) is 5.53. The Morgan fingerprint density at radius 1 is 0.947 bits per heavy atom. The van der Waals surface area contributed by atoms with Crippen LogP contribution in [0.15, 0.2) is 48.5 Å². The smallest absolute Gasteiger partial charge is 0.126 e. The van der Waals surface area contributed by atoms with Crippen molar-refractivity contribution >= 4 is 0 Å². The van der Waals surface area contributed by atoms with Crippen LogP contribution in [-0.4, -0.2) is 0 Å². The monoisotopic (exact) mass is 256 g/mol. The lowest BCUT2D eigenvalue weighted by atomic mass is 9.91. The summed E-state index contributed by atoms with van der Waals surface area (Å²) in [5.74, 6) is 0.627. The summed E-state index contributed by atoms with van der Waals surface area (Å²) in [6.45, 7) is 6.47. The van der Waals surface area contributed by atoms with E-state index in [1.54, 1.807) is 6.07 Å². The van der Waals surface area contributed by atoms with Crippen LogP contribution in [-0.2, 0) is 6.42 Å². The predicted molar refractivity (Wildman–Crippen MR) is 79.1 cm³/mol. The van der Waals surface area contributed by atoms with Gasteiger partial charge in [-0.1, -0.05) is 63.2 Å². The van der Waals surface area contributed by atoms with Crippen LogP contribution >= 0.6 is 0 Å². The first-order valence-corrected chi connectivity index (χ1v) is 6.91. The SMILES string of the molecule is CC(C)c1cccc(CC(C)c2ccccc2F)c1. The topological polar surface area (TPSA) is 0 Å². The van der Waals surface area contributed by atoms with Crippen molar-refractivity contribution in [3.63, 3.8) is 0 Å². The fourth-order valence-electron chi connectivity index (χ4n) is 2.42. The zero-order valence-corrected chi connectivity index (χ0v) is 11.9. The van der Waals surface area contributed by atoms with Gasteiger partial charge in [0.2, 0.25) is 0 Å². The summed E-state index contributed by atoms with van der Waals surface area (Å²) in [7, 11) is 0. The van der Waals surface area contributed by atoms with Gasteiger partial charge < -0.3 is 0 Å². The maximum atomic E-state index is 13.8. The first kappa shape index (κ1) is 13.8. The van der Waals surface area contributed by atoms with Gasteiger partial charge in [0.1, 0.15) is 5.82 Å². The molecule has 2 rings (SSSR count). The van der Waals surface area contributed by atoms with Gasteiger partial charge in [-0.05, 0) is 41.0 Å². The molecule has 2 aromatic carbocycles. The molecule has 0 saturated carbocycles. The molecule has 0 aliphatic heterocycles. The van der Waals surface area contributed by atoms with Gasteiger partial charge in [-0.25, -0.2) is 4.39 Å². The second-order valence-electron chi connectivity index (χ2n) is 5.53. The summed E-state index contributed by atoms with van der Waals surface area (Å²) in [5.41, 5.74) is 3.43. The molecule has 0 amide bonds. The van der Waals surface area contributed by atoms with Crippen LogP contribution in [0.2, 0.25) is 0 Å². The Morgan fingerprint density at radius 2 is 1.68 bits per heavy atom. The molecule has 2 aromatic rings. The van der Waals surface area contributed by atoms with E-state index in [-0.39, 0.29) is 11.7 Å². The predicted octanol–water partition coefficient (Wildman–Crippen LogP) is 5.30. The van der Waals surface area contributed by atoms with Crippen LogP contribution < -0.4 is 0 Å². The van der Waals surface area contributed by atoms with Crippen molar-refractivity contribution < 1.29 is 4.39 Å². The van der Waals surface area contributed by atoms with E-state index >= 15 is 0 Å². The third-order valence-corrected chi connectivity index (χ3v) is 3.60. The van der Waals surface area contributed by atoms with Crippen LogP contribution in [0.25, 0.3) is 0 Å². The second kappa shape index (κ2) is 6.01. The molecule has 0 aromatic heterocycles. The molecule has 0 spiro atoms. The Balaban J connectivity index is 2.17. The van der Waals surface area contributed by atoms with Crippen LogP contribution in [0.5, 0.6) is 0 Å². The van der Waals surface area contributed by atoms with E-state index in [9.17, 15) is 4.39 Å². The zero-order chi connectivity index (χ0) is 13.8. The van der Waals surface area contributed by atoms with Crippen LogP contribution in [0.1, 0.15) is 49.3 Å². The largest absolute Gasteiger partial charge is 0.207 e. The van der Waals surface area contributed by atoms with Gasteiger partial charge in [-0.2, -0.15) is 0 Å². The first-order valence-electron chi connectivity index (χ1n) is 6.91. The summed E-state index contributed by atoms with van der Waals surface area (Å²) in [6, 6.07) is 15.7. The standard InChI is InChI=1S/C18H21F/c1-13(2)16-8-6-7-15(12-16)11-14(3)17-9-4-5-10-18(17)19/h4-10,12-14H,11H2,1-3H3. The van der Waals surface area contributed by atoms with Gasteiger partial charge >= 0.3 is 0 Å². The molecule has 0 heterocycles. The van der Waals surface area contributed by atoms with E-state index in [0.29, 0.717) is 5.92 Å². The maximum absolute atomic E-state index is 13.8. The lowest BCUT2D eigenvalue weighted by Crippen LogP contribution is -2.02. The minimum atomic E-state index is -0.102. The average molecular weight is 256 g/mol. The van der Waals surface area contributed by atoms with E-state index in [4.69, 9.17) is 0 Å². The van der Waals surface area contributed by atoms with Gasteiger partial charge in [-0.15, -0.1) is 0 Å². The molecule has 1 heteroatoms. The van der Waals surface area contributed by atoms with Crippen molar-refractivity contribution in [1.82, 2.24) is 0 Å². The van der Waals surface area contributed by atoms with Crippen LogP contribution in [0, 0.1) is 5.82 Å². The Morgan fingerprint density at radius 3 is 2.37 bits per heavy atom. The van der Waals surface area contributed by atoms with E-state index in [2.05, 4.69) is 45.0 Å². The first-order chi connectivity index (χ1) is 9.08. The average Bonchev–Trinajstić information content (AvgIpc) is 2.39. The summed E-state index contributed by atoms with van der Waals surface area (Å²) in [4.78, 5) is 0. The maximum Gasteiger partial charge on any atom is 0.126 e.